The third-order valence-electron chi connectivity index (χ3n) is 4.49. The Labute approximate surface area is 196 Å². The van der Waals surface area contributed by atoms with Gasteiger partial charge in [-0.2, -0.15) is 14.5 Å². The standard InChI is InChI=1S/C21H20Cl2N6O2S/c1-25-28-21(27-24)16-7-5-15(6-8-16)13-29(14-17-4-2-3-11-26-17)32(30,31)18-9-10-19(22)20(23)12-18/h2-12H,1,13-14,24H2,(H,27,28). The monoisotopic (exact) mass is 490 g/mol. The lowest BCUT2D eigenvalue weighted by Crippen LogP contribution is -2.30. The van der Waals surface area contributed by atoms with Crippen molar-refractivity contribution in [2.24, 2.45) is 16.0 Å². The maximum absolute atomic E-state index is 13.4. The van der Waals surface area contributed by atoms with Gasteiger partial charge in [-0.05, 0) is 35.9 Å². The van der Waals surface area contributed by atoms with Crippen molar-refractivity contribution < 1.29 is 8.42 Å². The topological polar surface area (TPSA) is 113 Å². The first kappa shape index (κ1) is 23.7. The number of nitrogens with one attached hydrogen (secondary N) is 1. The van der Waals surface area contributed by atoms with Crippen molar-refractivity contribution in [1.29, 1.82) is 0 Å². The van der Waals surface area contributed by atoms with Crippen LogP contribution in [-0.4, -0.2) is 30.3 Å². The minimum absolute atomic E-state index is 0.0401. The van der Waals surface area contributed by atoms with Crippen molar-refractivity contribution in [3.63, 3.8) is 0 Å². The van der Waals surface area contributed by atoms with Gasteiger partial charge in [-0.15, -0.1) is 0 Å². The van der Waals surface area contributed by atoms with E-state index in [1.54, 1.807) is 48.7 Å². The molecule has 1 aromatic heterocycles. The first-order chi connectivity index (χ1) is 15.3. The number of hydrazone groups is 2. The molecular formula is C21H20Cl2N6O2S. The van der Waals surface area contributed by atoms with E-state index in [1.165, 1.54) is 22.5 Å². The van der Waals surface area contributed by atoms with Crippen molar-refractivity contribution >= 4 is 45.8 Å². The largest absolute Gasteiger partial charge is 0.321 e. The van der Waals surface area contributed by atoms with Crippen LogP contribution in [0.3, 0.4) is 0 Å². The number of hydrogen-bond donors (Lipinski definition) is 2. The normalized spacial score (nSPS) is 12.0. The molecule has 1 heterocycles. The van der Waals surface area contributed by atoms with E-state index in [2.05, 4.69) is 27.3 Å². The Balaban J connectivity index is 1.94. The summed E-state index contributed by atoms with van der Waals surface area (Å²) < 4.78 is 28.2. The van der Waals surface area contributed by atoms with E-state index in [4.69, 9.17) is 29.0 Å². The van der Waals surface area contributed by atoms with Gasteiger partial charge in [0.05, 0.1) is 27.2 Å². The van der Waals surface area contributed by atoms with E-state index in [1.807, 2.05) is 0 Å². The average molecular weight is 491 g/mol. The molecule has 3 N–H and O–H groups in total. The van der Waals surface area contributed by atoms with Gasteiger partial charge in [0.25, 0.3) is 0 Å². The molecule has 0 bridgehead atoms. The molecule has 0 amide bonds. The predicted molar refractivity (Wildman–Crippen MR) is 127 cm³/mol. The molecule has 0 saturated heterocycles. The number of nitrogens with two attached hydrogens (primary N) is 1. The van der Waals surface area contributed by atoms with E-state index >= 15 is 0 Å². The third kappa shape index (κ3) is 5.63. The molecular weight excluding hydrogens is 471 g/mol. The SMILES string of the molecule is C=NN/C(=N\N)c1ccc(CN(Cc2ccccn2)S(=O)(=O)c2ccc(Cl)c(Cl)c2)cc1. The number of benzene rings is 2. The van der Waals surface area contributed by atoms with Gasteiger partial charge in [0, 0.05) is 25.0 Å². The third-order valence-corrected chi connectivity index (χ3v) is 7.02. The Kier molecular flexibility index (Phi) is 7.81. The smallest absolute Gasteiger partial charge is 0.243 e. The van der Waals surface area contributed by atoms with Gasteiger partial charge in [0.1, 0.15) is 0 Å². The molecule has 0 aliphatic heterocycles. The summed E-state index contributed by atoms with van der Waals surface area (Å²) in [6, 6.07) is 16.6. The van der Waals surface area contributed by atoms with Gasteiger partial charge in [0.15, 0.2) is 5.84 Å². The number of sulfonamides is 1. The molecule has 0 saturated carbocycles. The van der Waals surface area contributed by atoms with E-state index in [0.717, 1.165) is 5.56 Å². The number of nitrogens with zero attached hydrogens (tertiary/aromatic N) is 4. The summed E-state index contributed by atoms with van der Waals surface area (Å²) in [5, 5.41) is 7.61. The molecule has 0 atom stereocenters. The maximum atomic E-state index is 13.4. The molecule has 8 nitrogen and oxygen atoms in total. The van der Waals surface area contributed by atoms with Crippen molar-refractivity contribution in [2.45, 2.75) is 18.0 Å². The number of pyridine rings is 1. The molecule has 3 aromatic rings. The second-order valence-electron chi connectivity index (χ2n) is 6.61. The highest BCUT2D eigenvalue weighted by atomic mass is 35.5. The average Bonchev–Trinajstić information content (AvgIpc) is 2.80. The van der Waals surface area contributed by atoms with Crippen LogP contribution < -0.4 is 11.3 Å². The number of amidine groups is 1. The van der Waals surface area contributed by atoms with Crippen LogP contribution in [0.5, 0.6) is 0 Å². The van der Waals surface area contributed by atoms with Crippen LogP contribution in [-0.2, 0) is 23.1 Å². The van der Waals surface area contributed by atoms with Gasteiger partial charge in [-0.25, -0.2) is 8.42 Å². The second kappa shape index (κ2) is 10.6. The fourth-order valence-electron chi connectivity index (χ4n) is 2.90. The van der Waals surface area contributed by atoms with Crippen LogP contribution >= 0.6 is 23.2 Å². The number of aromatic nitrogens is 1. The molecule has 0 spiro atoms. The molecule has 3 rings (SSSR count). The van der Waals surface area contributed by atoms with Crippen molar-refractivity contribution in [3.8, 4) is 0 Å². The molecule has 0 fully saturated rings. The predicted octanol–water partition coefficient (Wildman–Crippen LogP) is 3.61. The van der Waals surface area contributed by atoms with E-state index in [9.17, 15) is 8.42 Å². The summed E-state index contributed by atoms with van der Waals surface area (Å²) in [4.78, 5) is 4.30. The Bertz CT molecular complexity index is 1220. The van der Waals surface area contributed by atoms with E-state index in [0.29, 0.717) is 17.1 Å². The minimum Gasteiger partial charge on any atom is -0.321 e. The van der Waals surface area contributed by atoms with Crippen molar-refractivity contribution in [3.05, 3.63) is 93.7 Å². The summed E-state index contributed by atoms with van der Waals surface area (Å²) in [6.07, 6.45) is 1.61. The fourth-order valence-corrected chi connectivity index (χ4v) is 4.69. The van der Waals surface area contributed by atoms with Crippen LogP contribution in [0.2, 0.25) is 10.0 Å². The summed E-state index contributed by atoms with van der Waals surface area (Å²) in [5.74, 6) is 5.70. The lowest BCUT2D eigenvalue weighted by molar-refractivity contribution is 0.397. The zero-order chi connectivity index (χ0) is 23.1. The Morgan fingerprint density at radius 3 is 2.41 bits per heavy atom. The highest BCUT2D eigenvalue weighted by molar-refractivity contribution is 7.89. The lowest BCUT2D eigenvalue weighted by Gasteiger charge is -2.22. The van der Waals surface area contributed by atoms with Crippen LogP contribution in [0, 0.1) is 0 Å². The molecule has 11 heteroatoms. The number of rotatable bonds is 8. The molecule has 0 radical (unpaired) electrons. The van der Waals surface area contributed by atoms with Crippen LogP contribution in [0.25, 0.3) is 0 Å². The van der Waals surface area contributed by atoms with Gasteiger partial charge >= 0.3 is 0 Å². The van der Waals surface area contributed by atoms with E-state index < -0.39 is 10.0 Å². The van der Waals surface area contributed by atoms with Gasteiger partial charge in [0.2, 0.25) is 10.0 Å². The maximum Gasteiger partial charge on any atom is 0.243 e. The quantitative estimate of drug-likeness (QED) is 0.216. The lowest BCUT2D eigenvalue weighted by atomic mass is 10.1. The van der Waals surface area contributed by atoms with Crippen LogP contribution in [0.15, 0.2) is 82.0 Å². The van der Waals surface area contributed by atoms with Gasteiger partial charge in [-0.3, -0.25) is 10.4 Å². The first-order valence-corrected chi connectivity index (χ1v) is 11.5. The van der Waals surface area contributed by atoms with Crippen molar-refractivity contribution in [2.75, 3.05) is 0 Å². The second-order valence-corrected chi connectivity index (χ2v) is 9.37. The van der Waals surface area contributed by atoms with Gasteiger partial charge in [-0.1, -0.05) is 53.5 Å². The first-order valence-electron chi connectivity index (χ1n) is 9.29. The number of halogens is 2. The molecule has 0 unspecified atom stereocenters. The van der Waals surface area contributed by atoms with Crippen LogP contribution in [0.4, 0.5) is 0 Å². The zero-order valence-electron chi connectivity index (χ0n) is 16.8. The fraction of sp³-hybridized carbons (Fsp3) is 0.0952. The Morgan fingerprint density at radius 2 is 1.81 bits per heavy atom. The Hall–Kier alpha value is -2.98. The molecule has 0 aliphatic rings. The summed E-state index contributed by atoms with van der Waals surface area (Å²) in [6.45, 7) is 3.51. The van der Waals surface area contributed by atoms with Gasteiger partial charge < -0.3 is 5.84 Å². The number of hydrogen-bond acceptors (Lipinski definition) is 6. The minimum atomic E-state index is -3.91. The highest BCUT2D eigenvalue weighted by Crippen LogP contribution is 2.28. The summed E-state index contributed by atoms with van der Waals surface area (Å²) >= 11 is 12.0. The van der Waals surface area contributed by atoms with Crippen molar-refractivity contribution in [1.82, 2.24) is 14.7 Å². The molecule has 2 aromatic carbocycles. The van der Waals surface area contributed by atoms with E-state index in [-0.39, 0.29) is 28.0 Å². The molecule has 0 aliphatic carbocycles. The summed E-state index contributed by atoms with van der Waals surface area (Å²) in [7, 11) is -3.91. The molecule has 32 heavy (non-hydrogen) atoms. The summed E-state index contributed by atoms with van der Waals surface area (Å²) in [5.41, 5.74) is 4.62. The Morgan fingerprint density at radius 1 is 1.06 bits per heavy atom. The van der Waals surface area contributed by atoms with Crippen LogP contribution in [0.1, 0.15) is 16.8 Å². The zero-order valence-corrected chi connectivity index (χ0v) is 19.1. The highest BCUT2D eigenvalue weighted by Gasteiger charge is 2.26. The molecule has 166 valence electrons.